The average Bonchev–Trinajstić information content (AvgIpc) is 2.44. The minimum Gasteiger partial charge on any atom is -0.289 e. The van der Waals surface area contributed by atoms with Crippen molar-refractivity contribution in [1.29, 1.82) is 0 Å². The van der Waals surface area contributed by atoms with Gasteiger partial charge in [-0.2, -0.15) is 0 Å². The summed E-state index contributed by atoms with van der Waals surface area (Å²) < 4.78 is 0. The molecule has 0 amide bonds. The SMILES string of the molecule is CC1=C(c2ccccc2)Cc2ccccc2C1=O. The molecule has 0 fully saturated rings. The number of hydrogen-bond donors (Lipinski definition) is 0. The average molecular weight is 234 g/mol. The van der Waals surface area contributed by atoms with E-state index in [4.69, 9.17) is 0 Å². The smallest absolute Gasteiger partial charge is 0.189 e. The highest BCUT2D eigenvalue weighted by molar-refractivity contribution is 6.15. The molecule has 0 spiro atoms. The monoisotopic (exact) mass is 234 g/mol. The Bertz CT molecular complexity index is 636. The van der Waals surface area contributed by atoms with Gasteiger partial charge in [0.15, 0.2) is 5.78 Å². The molecule has 2 aromatic rings. The number of fused-ring (bicyclic) bond motifs is 1. The molecule has 0 N–H and O–H groups in total. The normalized spacial score (nSPS) is 14.6. The van der Waals surface area contributed by atoms with Gasteiger partial charge in [0, 0.05) is 11.1 Å². The predicted molar refractivity (Wildman–Crippen MR) is 73.5 cm³/mol. The summed E-state index contributed by atoms with van der Waals surface area (Å²) in [5, 5.41) is 0. The van der Waals surface area contributed by atoms with Crippen LogP contribution in [0.3, 0.4) is 0 Å². The summed E-state index contributed by atoms with van der Waals surface area (Å²) in [6.45, 7) is 1.93. The van der Waals surface area contributed by atoms with E-state index in [-0.39, 0.29) is 5.78 Å². The van der Waals surface area contributed by atoms with Crippen molar-refractivity contribution < 1.29 is 4.79 Å². The van der Waals surface area contributed by atoms with Crippen LogP contribution in [0.4, 0.5) is 0 Å². The number of allylic oxidation sites excluding steroid dienone is 2. The molecule has 0 saturated carbocycles. The lowest BCUT2D eigenvalue weighted by atomic mass is 9.83. The van der Waals surface area contributed by atoms with E-state index < -0.39 is 0 Å². The Labute approximate surface area is 107 Å². The fourth-order valence-corrected chi connectivity index (χ4v) is 2.52. The molecule has 0 bridgehead atoms. The van der Waals surface area contributed by atoms with Gasteiger partial charge in [-0.25, -0.2) is 0 Å². The van der Waals surface area contributed by atoms with Crippen molar-refractivity contribution in [2.45, 2.75) is 13.3 Å². The zero-order chi connectivity index (χ0) is 12.5. The Morgan fingerprint density at radius 2 is 1.56 bits per heavy atom. The third kappa shape index (κ3) is 1.68. The van der Waals surface area contributed by atoms with Crippen LogP contribution < -0.4 is 0 Å². The fourth-order valence-electron chi connectivity index (χ4n) is 2.52. The summed E-state index contributed by atoms with van der Waals surface area (Å²) in [5.41, 5.74) is 5.17. The van der Waals surface area contributed by atoms with Gasteiger partial charge in [-0.15, -0.1) is 0 Å². The van der Waals surface area contributed by atoms with Gasteiger partial charge in [0.1, 0.15) is 0 Å². The number of rotatable bonds is 1. The Morgan fingerprint density at radius 3 is 2.33 bits per heavy atom. The molecule has 3 rings (SSSR count). The summed E-state index contributed by atoms with van der Waals surface area (Å²) in [4.78, 5) is 12.3. The molecular weight excluding hydrogens is 220 g/mol. The Balaban J connectivity index is 2.14. The van der Waals surface area contributed by atoms with E-state index in [1.165, 1.54) is 0 Å². The van der Waals surface area contributed by atoms with Gasteiger partial charge in [-0.1, -0.05) is 54.6 Å². The first kappa shape index (κ1) is 11.0. The molecule has 88 valence electrons. The van der Waals surface area contributed by atoms with E-state index in [0.717, 1.165) is 34.3 Å². The molecule has 0 aliphatic heterocycles. The number of carbonyl (C=O) groups excluding carboxylic acids is 1. The van der Waals surface area contributed by atoms with Gasteiger partial charge in [0.2, 0.25) is 0 Å². The first-order valence-corrected chi connectivity index (χ1v) is 6.15. The molecule has 1 aliphatic carbocycles. The number of Topliss-reactive ketones (excluding diaryl/α,β-unsaturated/α-hetero) is 1. The van der Waals surface area contributed by atoms with E-state index in [0.29, 0.717) is 0 Å². The first-order valence-electron chi connectivity index (χ1n) is 6.15. The molecule has 1 aliphatic rings. The minimum atomic E-state index is 0.163. The van der Waals surface area contributed by atoms with Crippen LogP contribution in [0.2, 0.25) is 0 Å². The van der Waals surface area contributed by atoms with E-state index in [1.54, 1.807) is 0 Å². The second kappa shape index (κ2) is 4.26. The fraction of sp³-hybridized carbons (Fsp3) is 0.118. The summed E-state index contributed by atoms with van der Waals surface area (Å²) >= 11 is 0. The molecule has 2 aromatic carbocycles. The second-order valence-electron chi connectivity index (χ2n) is 4.63. The highest BCUT2D eigenvalue weighted by Crippen LogP contribution is 2.31. The maximum Gasteiger partial charge on any atom is 0.189 e. The van der Waals surface area contributed by atoms with Gasteiger partial charge >= 0.3 is 0 Å². The molecule has 0 radical (unpaired) electrons. The van der Waals surface area contributed by atoms with Gasteiger partial charge < -0.3 is 0 Å². The zero-order valence-electron chi connectivity index (χ0n) is 10.3. The van der Waals surface area contributed by atoms with Crippen molar-refractivity contribution in [2.24, 2.45) is 0 Å². The van der Waals surface area contributed by atoms with Gasteiger partial charge in [-0.3, -0.25) is 4.79 Å². The topological polar surface area (TPSA) is 17.1 Å². The van der Waals surface area contributed by atoms with Gasteiger partial charge in [0.05, 0.1) is 0 Å². The molecular formula is C17H14O. The number of carbonyl (C=O) groups is 1. The lowest BCUT2D eigenvalue weighted by Gasteiger charge is -2.20. The molecule has 0 atom stereocenters. The number of hydrogen-bond acceptors (Lipinski definition) is 1. The van der Waals surface area contributed by atoms with Gasteiger partial charge in [-0.05, 0) is 30.0 Å². The second-order valence-corrected chi connectivity index (χ2v) is 4.63. The summed E-state index contributed by atoms with van der Waals surface area (Å²) in [6, 6.07) is 18.1. The van der Waals surface area contributed by atoms with E-state index in [2.05, 4.69) is 12.1 Å². The Morgan fingerprint density at radius 1 is 0.889 bits per heavy atom. The van der Waals surface area contributed by atoms with Crippen LogP contribution in [-0.4, -0.2) is 5.78 Å². The van der Waals surface area contributed by atoms with E-state index in [9.17, 15) is 4.79 Å². The van der Waals surface area contributed by atoms with Crippen molar-refractivity contribution in [1.82, 2.24) is 0 Å². The Hall–Kier alpha value is -2.15. The molecule has 0 heterocycles. The summed E-state index contributed by atoms with van der Waals surface area (Å²) in [6.07, 6.45) is 0.845. The maximum atomic E-state index is 12.3. The zero-order valence-corrected chi connectivity index (χ0v) is 10.3. The van der Waals surface area contributed by atoms with Crippen LogP contribution in [0.25, 0.3) is 5.57 Å². The van der Waals surface area contributed by atoms with Crippen LogP contribution in [0.1, 0.15) is 28.4 Å². The van der Waals surface area contributed by atoms with E-state index in [1.807, 2.05) is 49.4 Å². The molecule has 1 heteroatoms. The Kier molecular flexibility index (Phi) is 2.60. The van der Waals surface area contributed by atoms with Crippen molar-refractivity contribution in [3.63, 3.8) is 0 Å². The molecule has 1 nitrogen and oxygen atoms in total. The quantitative estimate of drug-likeness (QED) is 0.731. The summed E-state index contributed by atoms with van der Waals surface area (Å²) in [7, 11) is 0. The lowest BCUT2D eigenvalue weighted by molar-refractivity contribution is 0.103. The molecule has 18 heavy (non-hydrogen) atoms. The number of ketones is 1. The minimum absolute atomic E-state index is 0.163. The first-order chi connectivity index (χ1) is 8.77. The standard InChI is InChI=1S/C17H14O/c1-12-16(13-7-3-2-4-8-13)11-14-9-5-6-10-15(14)17(12)18/h2-10H,11H2,1H3. The van der Waals surface area contributed by atoms with Crippen LogP contribution in [0.15, 0.2) is 60.2 Å². The highest BCUT2D eigenvalue weighted by atomic mass is 16.1. The van der Waals surface area contributed by atoms with Crippen molar-refractivity contribution in [3.8, 4) is 0 Å². The van der Waals surface area contributed by atoms with Crippen LogP contribution in [0.5, 0.6) is 0 Å². The summed E-state index contributed by atoms with van der Waals surface area (Å²) in [5.74, 6) is 0.163. The number of benzene rings is 2. The maximum absolute atomic E-state index is 12.3. The molecule has 0 saturated heterocycles. The lowest BCUT2D eigenvalue weighted by Crippen LogP contribution is -2.14. The van der Waals surface area contributed by atoms with Crippen molar-refractivity contribution >= 4 is 11.4 Å². The third-order valence-electron chi connectivity index (χ3n) is 3.54. The van der Waals surface area contributed by atoms with Crippen LogP contribution in [0, 0.1) is 0 Å². The van der Waals surface area contributed by atoms with Gasteiger partial charge in [0.25, 0.3) is 0 Å². The van der Waals surface area contributed by atoms with Crippen molar-refractivity contribution in [2.75, 3.05) is 0 Å². The van der Waals surface area contributed by atoms with E-state index >= 15 is 0 Å². The van der Waals surface area contributed by atoms with Crippen LogP contribution in [-0.2, 0) is 6.42 Å². The third-order valence-corrected chi connectivity index (χ3v) is 3.54. The molecule has 0 aromatic heterocycles. The largest absolute Gasteiger partial charge is 0.289 e. The van der Waals surface area contributed by atoms with Crippen LogP contribution >= 0.6 is 0 Å². The highest BCUT2D eigenvalue weighted by Gasteiger charge is 2.22. The predicted octanol–water partition coefficient (Wildman–Crippen LogP) is 3.90. The molecule has 0 unspecified atom stereocenters. The van der Waals surface area contributed by atoms with Crippen molar-refractivity contribution in [3.05, 3.63) is 76.9 Å².